The number of urea groups is 1. The number of hydrogen-bond donors (Lipinski definition) is 2. The highest BCUT2D eigenvalue weighted by Crippen LogP contribution is 2.46. The van der Waals surface area contributed by atoms with Crippen LogP contribution in [0.1, 0.15) is 29.5 Å². The van der Waals surface area contributed by atoms with Crippen LogP contribution in [0, 0.1) is 0 Å². The number of carbonyl (C=O) groups is 2. The fraction of sp³-hybridized carbons (Fsp3) is 0.455. The van der Waals surface area contributed by atoms with Gasteiger partial charge in [-0.25, -0.2) is 4.79 Å². The summed E-state index contributed by atoms with van der Waals surface area (Å²) < 4.78 is 3.44. The molecule has 1 aromatic rings. The van der Waals surface area contributed by atoms with E-state index in [1.807, 2.05) is 4.57 Å². The molecule has 0 radical (unpaired) electrons. The van der Waals surface area contributed by atoms with Crippen molar-refractivity contribution in [1.29, 1.82) is 0 Å². The van der Waals surface area contributed by atoms with Crippen LogP contribution in [0.15, 0.2) is 15.1 Å². The molecule has 0 aliphatic carbocycles. The Labute approximate surface area is 125 Å². The van der Waals surface area contributed by atoms with Crippen LogP contribution in [0.25, 0.3) is 0 Å². The van der Waals surface area contributed by atoms with Crippen molar-refractivity contribution in [2.75, 3.05) is 6.54 Å². The van der Waals surface area contributed by atoms with Gasteiger partial charge in [-0.05, 0) is 50.8 Å². The molecule has 1 spiro atoms. The molecule has 0 saturated carbocycles. The van der Waals surface area contributed by atoms with E-state index in [9.17, 15) is 9.59 Å². The predicted octanol–water partition coefficient (Wildman–Crippen LogP) is 1.77. The van der Waals surface area contributed by atoms with Crippen molar-refractivity contribution < 1.29 is 9.59 Å². The van der Waals surface area contributed by atoms with Gasteiger partial charge in [0.1, 0.15) is 10.3 Å². The molecular weight excluding hydrogens is 380 g/mol. The average Bonchev–Trinajstić information content (AvgIpc) is 2.99. The average molecular weight is 390 g/mol. The van der Waals surface area contributed by atoms with Gasteiger partial charge in [-0.2, -0.15) is 0 Å². The third kappa shape index (κ3) is 1.26. The lowest BCUT2D eigenvalue weighted by atomic mass is 10.0. The summed E-state index contributed by atoms with van der Waals surface area (Å²) in [5, 5.41) is 5.85. The Kier molecular flexibility index (Phi) is 2.20. The van der Waals surface area contributed by atoms with Crippen LogP contribution in [-0.2, 0) is 0 Å². The Morgan fingerprint density at radius 3 is 2.95 bits per heavy atom. The van der Waals surface area contributed by atoms with E-state index in [0.29, 0.717) is 12.2 Å². The van der Waals surface area contributed by atoms with E-state index in [1.54, 1.807) is 11.0 Å². The van der Waals surface area contributed by atoms with E-state index in [-0.39, 0.29) is 18.1 Å². The van der Waals surface area contributed by atoms with Gasteiger partial charge in [0.2, 0.25) is 0 Å². The Balaban J connectivity index is 2.00. The first-order chi connectivity index (χ1) is 9.04. The van der Waals surface area contributed by atoms with Crippen molar-refractivity contribution in [3.05, 3.63) is 20.8 Å². The summed E-state index contributed by atoms with van der Waals surface area (Å²) in [6.07, 6.45) is 1.40. The zero-order valence-corrected chi connectivity index (χ0v) is 12.9. The van der Waals surface area contributed by atoms with Gasteiger partial charge in [-0.3, -0.25) is 4.79 Å². The molecule has 1 aromatic heterocycles. The monoisotopic (exact) mass is 388 g/mol. The van der Waals surface area contributed by atoms with Crippen LogP contribution >= 0.6 is 31.9 Å². The Bertz CT molecular complexity index is 628. The fourth-order valence-electron chi connectivity index (χ4n) is 3.39. The predicted molar refractivity (Wildman–Crippen MR) is 73.5 cm³/mol. The lowest BCUT2D eigenvalue weighted by Gasteiger charge is -2.43. The molecule has 0 unspecified atom stereocenters. The summed E-state index contributed by atoms with van der Waals surface area (Å²) in [7, 11) is 0. The first kappa shape index (κ1) is 11.8. The maximum absolute atomic E-state index is 12.6. The molecule has 4 heterocycles. The van der Waals surface area contributed by atoms with Gasteiger partial charge in [-0.1, -0.05) is 0 Å². The van der Waals surface area contributed by atoms with Crippen LogP contribution in [0.4, 0.5) is 4.79 Å². The van der Waals surface area contributed by atoms with Gasteiger partial charge < -0.3 is 20.1 Å². The molecule has 2 atom stereocenters. The molecule has 8 heteroatoms. The molecular formula is C11H10Br2N4O2. The van der Waals surface area contributed by atoms with Gasteiger partial charge in [0.05, 0.1) is 4.47 Å². The zero-order valence-electron chi connectivity index (χ0n) is 9.74. The van der Waals surface area contributed by atoms with E-state index in [2.05, 4.69) is 42.5 Å². The van der Waals surface area contributed by atoms with Gasteiger partial charge in [-0.15, -0.1) is 0 Å². The number of nitrogens with zero attached hydrogens (tertiary/aromatic N) is 2. The molecule has 0 aromatic carbocycles. The maximum atomic E-state index is 12.6. The van der Waals surface area contributed by atoms with Crippen LogP contribution in [0.5, 0.6) is 0 Å². The van der Waals surface area contributed by atoms with Gasteiger partial charge in [0, 0.05) is 6.54 Å². The van der Waals surface area contributed by atoms with Crippen LogP contribution in [0.2, 0.25) is 0 Å². The lowest BCUT2D eigenvalue weighted by molar-refractivity contribution is 0.0308. The first-order valence-corrected chi connectivity index (χ1v) is 7.60. The third-order valence-electron chi connectivity index (χ3n) is 4.13. The zero-order chi connectivity index (χ0) is 13.4. The molecule has 19 heavy (non-hydrogen) atoms. The lowest BCUT2D eigenvalue weighted by Crippen LogP contribution is -2.62. The number of rotatable bonds is 0. The smallest absolute Gasteiger partial charge is 0.313 e. The number of carbonyl (C=O) groups excluding carboxylic acids is 2. The van der Waals surface area contributed by atoms with Gasteiger partial charge in [0.15, 0.2) is 11.8 Å². The number of halogens is 2. The van der Waals surface area contributed by atoms with Crippen LogP contribution in [-0.4, -0.2) is 33.6 Å². The molecule has 100 valence electrons. The number of nitrogens with one attached hydrogen (secondary N) is 2. The quantitative estimate of drug-likeness (QED) is 0.710. The van der Waals surface area contributed by atoms with Crippen molar-refractivity contribution in [3.8, 4) is 0 Å². The van der Waals surface area contributed by atoms with Gasteiger partial charge >= 0.3 is 6.03 Å². The van der Waals surface area contributed by atoms with Gasteiger partial charge in [0.25, 0.3) is 5.91 Å². The van der Waals surface area contributed by atoms with Crippen molar-refractivity contribution in [2.45, 2.75) is 24.7 Å². The molecule has 2 saturated heterocycles. The fourth-order valence-corrected chi connectivity index (χ4v) is 4.30. The second-order valence-corrected chi connectivity index (χ2v) is 6.63. The minimum absolute atomic E-state index is 0.0378. The highest BCUT2D eigenvalue weighted by molar-refractivity contribution is 9.13. The molecule has 3 amide bonds. The summed E-state index contributed by atoms with van der Waals surface area (Å²) in [5.41, 5.74) is -0.0347. The van der Waals surface area contributed by atoms with E-state index in [4.69, 9.17) is 0 Å². The number of amides is 3. The standard InChI is InChI=1S/C11H10Br2N4O2/c12-5-4-6-8(18)16-3-1-2-11(16)9(14-10(19)15-11)17(6)7(5)13/h4,9H,1-3H2,(H2,14,15,19)/t9-,11+/m0/s1. The van der Waals surface area contributed by atoms with Crippen molar-refractivity contribution in [3.63, 3.8) is 0 Å². The summed E-state index contributed by atoms with van der Waals surface area (Å²) in [4.78, 5) is 26.2. The highest BCUT2D eigenvalue weighted by Gasteiger charge is 2.60. The van der Waals surface area contributed by atoms with E-state index < -0.39 is 5.66 Å². The summed E-state index contributed by atoms with van der Waals surface area (Å²) in [6.45, 7) is 0.678. The number of fused-ring (bicyclic) bond motifs is 2. The Morgan fingerprint density at radius 1 is 1.37 bits per heavy atom. The van der Waals surface area contributed by atoms with E-state index >= 15 is 0 Å². The SMILES string of the molecule is O=C1N[C@H]2n3c(cc(Br)c3Br)C(=O)N3CCC[C@]23N1. The molecule has 2 fully saturated rings. The first-order valence-electron chi connectivity index (χ1n) is 6.01. The number of aromatic nitrogens is 1. The Morgan fingerprint density at radius 2 is 2.16 bits per heavy atom. The van der Waals surface area contributed by atoms with Crippen molar-refractivity contribution >= 4 is 43.8 Å². The second kappa shape index (κ2) is 3.54. The van der Waals surface area contributed by atoms with E-state index in [0.717, 1.165) is 21.9 Å². The molecule has 2 N–H and O–H groups in total. The number of hydrogen-bond acceptors (Lipinski definition) is 2. The maximum Gasteiger partial charge on any atom is 0.318 e. The summed E-state index contributed by atoms with van der Waals surface area (Å²) in [6, 6.07) is 1.56. The minimum Gasteiger partial charge on any atom is -0.313 e. The highest BCUT2D eigenvalue weighted by atomic mass is 79.9. The minimum atomic E-state index is -0.623. The van der Waals surface area contributed by atoms with Crippen LogP contribution in [0.3, 0.4) is 0 Å². The van der Waals surface area contributed by atoms with Crippen LogP contribution < -0.4 is 10.6 Å². The molecule has 4 rings (SSSR count). The third-order valence-corrected chi connectivity index (χ3v) is 6.07. The van der Waals surface area contributed by atoms with Crippen molar-refractivity contribution in [1.82, 2.24) is 20.1 Å². The molecule has 3 aliphatic heterocycles. The Hall–Kier alpha value is -1.02. The normalized spacial score (nSPS) is 31.7. The summed E-state index contributed by atoms with van der Waals surface area (Å²) in [5.74, 6) is -0.0378. The molecule has 3 aliphatic rings. The second-order valence-electron chi connectivity index (χ2n) is 5.02. The van der Waals surface area contributed by atoms with Crippen molar-refractivity contribution in [2.24, 2.45) is 0 Å². The largest absolute Gasteiger partial charge is 0.318 e. The summed E-state index contributed by atoms with van der Waals surface area (Å²) >= 11 is 6.90. The van der Waals surface area contributed by atoms with E-state index in [1.165, 1.54) is 0 Å². The molecule has 0 bridgehead atoms. The topological polar surface area (TPSA) is 66.4 Å². The molecule has 6 nitrogen and oxygen atoms in total.